The van der Waals surface area contributed by atoms with Gasteiger partial charge in [0.2, 0.25) is 0 Å². The van der Waals surface area contributed by atoms with Crippen molar-refractivity contribution in [2.45, 2.75) is 52.0 Å². The number of nitrogens with one attached hydrogen (secondary N) is 1. The number of rotatable bonds is 5. The van der Waals surface area contributed by atoms with Gasteiger partial charge in [0.15, 0.2) is 0 Å². The van der Waals surface area contributed by atoms with Crippen molar-refractivity contribution in [2.75, 3.05) is 5.32 Å². The van der Waals surface area contributed by atoms with Crippen molar-refractivity contribution in [1.29, 1.82) is 0 Å². The zero-order chi connectivity index (χ0) is 14.6. The number of furan rings is 1. The standard InChI is InChI=1S/C18H25NO/c1-14(7-12-17-6-5-13-20-17)19-16-10-8-15(9-11-16)18(2,3)4/h5-6,8-11,13-14,19H,7,12H2,1-4H3. The fraction of sp³-hybridized carbons (Fsp3) is 0.444. The van der Waals surface area contributed by atoms with Crippen LogP contribution >= 0.6 is 0 Å². The van der Waals surface area contributed by atoms with Crippen molar-refractivity contribution in [2.24, 2.45) is 0 Å². The van der Waals surface area contributed by atoms with Crippen LogP contribution in [0.2, 0.25) is 0 Å². The smallest absolute Gasteiger partial charge is 0.103 e. The molecule has 0 aliphatic carbocycles. The summed E-state index contributed by atoms with van der Waals surface area (Å²) >= 11 is 0. The molecule has 0 aliphatic rings. The van der Waals surface area contributed by atoms with Crippen LogP contribution in [0.4, 0.5) is 5.69 Å². The van der Waals surface area contributed by atoms with E-state index >= 15 is 0 Å². The monoisotopic (exact) mass is 271 g/mol. The Morgan fingerprint density at radius 2 is 1.80 bits per heavy atom. The molecule has 1 atom stereocenters. The highest BCUT2D eigenvalue weighted by Gasteiger charge is 2.13. The van der Waals surface area contributed by atoms with Crippen molar-refractivity contribution in [1.82, 2.24) is 0 Å². The summed E-state index contributed by atoms with van der Waals surface area (Å²) in [7, 11) is 0. The van der Waals surface area contributed by atoms with Crippen LogP contribution in [-0.2, 0) is 11.8 Å². The molecular formula is C18H25NO. The first kappa shape index (κ1) is 14.7. The average Bonchev–Trinajstić information content (AvgIpc) is 2.89. The number of anilines is 1. The minimum atomic E-state index is 0.212. The van der Waals surface area contributed by atoms with E-state index in [9.17, 15) is 0 Å². The van der Waals surface area contributed by atoms with Crippen LogP contribution in [0.25, 0.3) is 0 Å². The second-order valence-corrected chi connectivity index (χ2v) is 6.49. The average molecular weight is 271 g/mol. The van der Waals surface area contributed by atoms with Crippen molar-refractivity contribution in [3.8, 4) is 0 Å². The molecule has 2 heteroatoms. The van der Waals surface area contributed by atoms with Crippen molar-refractivity contribution >= 4 is 5.69 Å². The van der Waals surface area contributed by atoms with E-state index in [0.29, 0.717) is 6.04 Å². The molecule has 0 bridgehead atoms. The third-order valence-corrected chi connectivity index (χ3v) is 3.57. The van der Waals surface area contributed by atoms with Crippen LogP contribution in [0.5, 0.6) is 0 Å². The summed E-state index contributed by atoms with van der Waals surface area (Å²) in [5.41, 5.74) is 2.76. The molecule has 0 radical (unpaired) electrons. The van der Waals surface area contributed by atoms with Gasteiger partial charge in [0.1, 0.15) is 5.76 Å². The lowest BCUT2D eigenvalue weighted by Crippen LogP contribution is -2.16. The second kappa shape index (κ2) is 6.17. The van der Waals surface area contributed by atoms with Gasteiger partial charge >= 0.3 is 0 Å². The zero-order valence-electron chi connectivity index (χ0n) is 12.9. The molecule has 1 unspecified atom stereocenters. The maximum Gasteiger partial charge on any atom is 0.103 e. The quantitative estimate of drug-likeness (QED) is 0.827. The maximum absolute atomic E-state index is 5.36. The van der Waals surface area contributed by atoms with E-state index < -0.39 is 0 Å². The lowest BCUT2D eigenvalue weighted by molar-refractivity contribution is 0.495. The number of hydrogen-bond acceptors (Lipinski definition) is 2. The molecule has 0 amide bonds. The van der Waals surface area contributed by atoms with Crippen molar-refractivity contribution in [3.63, 3.8) is 0 Å². The molecular weight excluding hydrogens is 246 g/mol. The minimum Gasteiger partial charge on any atom is -0.469 e. The molecule has 2 rings (SSSR count). The Balaban J connectivity index is 1.86. The zero-order valence-corrected chi connectivity index (χ0v) is 12.9. The van der Waals surface area contributed by atoms with Gasteiger partial charge in [-0.2, -0.15) is 0 Å². The Bertz CT molecular complexity index is 505. The first-order valence-electron chi connectivity index (χ1n) is 7.34. The van der Waals surface area contributed by atoms with Crippen molar-refractivity contribution < 1.29 is 4.42 Å². The fourth-order valence-corrected chi connectivity index (χ4v) is 2.24. The van der Waals surface area contributed by atoms with E-state index in [4.69, 9.17) is 4.42 Å². The normalized spacial score (nSPS) is 13.2. The van der Waals surface area contributed by atoms with Gasteiger partial charge in [-0.3, -0.25) is 0 Å². The Morgan fingerprint density at radius 3 is 2.35 bits per heavy atom. The van der Waals surface area contributed by atoms with Gasteiger partial charge in [0.05, 0.1) is 6.26 Å². The van der Waals surface area contributed by atoms with E-state index in [0.717, 1.165) is 18.6 Å². The van der Waals surface area contributed by atoms with E-state index in [1.807, 2.05) is 12.1 Å². The number of aryl methyl sites for hydroxylation is 1. The topological polar surface area (TPSA) is 25.2 Å². The predicted octanol–water partition coefficient (Wildman–Crippen LogP) is 5.01. The molecule has 0 aliphatic heterocycles. The van der Waals surface area contributed by atoms with Gasteiger partial charge in [-0.25, -0.2) is 0 Å². The summed E-state index contributed by atoms with van der Waals surface area (Å²) in [6.45, 7) is 8.92. The Hall–Kier alpha value is -1.70. The molecule has 1 N–H and O–H groups in total. The van der Waals surface area contributed by atoms with Gasteiger partial charge < -0.3 is 9.73 Å². The SMILES string of the molecule is CC(CCc1ccco1)Nc1ccc(C(C)(C)C)cc1. The van der Waals surface area contributed by atoms with Crippen LogP contribution in [0.3, 0.4) is 0 Å². The van der Waals surface area contributed by atoms with Crippen LogP contribution < -0.4 is 5.32 Å². The van der Waals surface area contributed by atoms with Crippen LogP contribution in [0.15, 0.2) is 47.1 Å². The summed E-state index contributed by atoms with van der Waals surface area (Å²) in [5, 5.41) is 3.54. The summed E-state index contributed by atoms with van der Waals surface area (Å²) in [6.07, 6.45) is 3.77. The minimum absolute atomic E-state index is 0.212. The Labute approximate surface area is 122 Å². The molecule has 0 spiro atoms. The summed E-state index contributed by atoms with van der Waals surface area (Å²) in [4.78, 5) is 0. The summed E-state index contributed by atoms with van der Waals surface area (Å²) in [6, 6.07) is 13.2. The van der Waals surface area contributed by atoms with Gasteiger partial charge in [0.25, 0.3) is 0 Å². The largest absolute Gasteiger partial charge is 0.469 e. The molecule has 108 valence electrons. The molecule has 1 heterocycles. The lowest BCUT2D eigenvalue weighted by atomic mass is 9.87. The molecule has 0 saturated heterocycles. The van der Waals surface area contributed by atoms with Gasteiger partial charge in [-0.05, 0) is 48.6 Å². The molecule has 1 aromatic heterocycles. The molecule has 2 aromatic rings. The number of benzene rings is 1. The highest BCUT2D eigenvalue weighted by Crippen LogP contribution is 2.23. The summed E-state index contributed by atoms with van der Waals surface area (Å²) in [5.74, 6) is 1.06. The van der Waals surface area contributed by atoms with E-state index in [1.165, 1.54) is 11.3 Å². The first-order chi connectivity index (χ1) is 9.45. The van der Waals surface area contributed by atoms with E-state index in [-0.39, 0.29) is 5.41 Å². The van der Waals surface area contributed by atoms with E-state index in [1.54, 1.807) is 6.26 Å². The maximum atomic E-state index is 5.36. The molecule has 0 saturated carbocycles. The van der Waals surface area contributed by atoms with Crippen LogP contribution in [0.1, 0.15) is 45.4 Å². The van der Waals surface area contributed by atoms with Crippen LogP contribution in [0, 0.1) is 0 Å². The van der Waals surface area contributed by atoms with Crippen LogP contribution in [-0.4, -0.2) is 6.04 Å². The molecule has 2 nitrogen and oxygen atoms in total. The van der Waals surface area contributed by atoms with Crippen molar-refractivity contribution in [3.05, 3.63) is 54.0 Å². The summed E-state index contributed by atoms with van der Waals surface area (Å²) < 4.78 is 5.36. The number of hydrogen-bond donors (Lipinski definition) is 1. The molecule has 20 heavy (non-hydrogen) atoms. The Kier molecular flexibility index (Phi) is 4.53. The van der Waals surface area contributed by atoms with Gasteiger partial charge in [-0.15, -0.1) is 0 Å². The lowest BCUT2D eigenvalue weighted by Gasteiger charge is -2.20. The highest BCUT2D eigenvalue weighted by atomic mass is 16.3. The Morgan fingerprint density at radius 1 is 1.10 bits per heavy atom. The third kappa shape index (κ3) is 4.16. The fourth-order valence-electron chi connectivity index (χ4n) is 2.24. The third-order valence-electron chi connectivity index (χ3n) is 3.57. The van der Waals surface area contributed by atoms with Gasteiger partial charge in [-0.1, -0.05) is 32.9 Å². The second-order valence-electron chi connectivity index (χ2n) is 6.49. The molecule has 1 aromatic carbocycles. The van der Waals surface area contributed by atoms with Gasteiger partial charge in [0, 0.05) is 18.2 Å². The predicted molar refractivity (Wildman–Crippen MR) is 85.3 cm³/mol. The molecule has 0 fully saturated rings. The first-order valence-corrected chi connectivity index (χ1v) is 7.34. The van der Waals surface area contributed by atoms with E-state index in [2.05, 4.69) is 57.3 Å². The highest BCUT2D eigenvalue weighted by molar-refractivity contribution is 5.46.